The molecule has 2 heterocycles. The van der Waals surface area contributed by atoms with Crippen LogP contribution in [0, 0.1) is 13.8 Å². The van der Waals surface area contributed by atoms with Crippen molar-refractivity contribution in [2.45, 2.75) is 20.5 Å². The Balaban J connectivity index is 1.57. The maximum atomic E-state index is 13.3. The van der Waals surface area contributed by atoms with Crippen molar-refractivity contribution in [3.63, 3.8) is 0 Å². The third-order valence-corrected chi connectivity index (χ3v) is 5.51. The Morgan fingerprint density at radius 3 is 2.39 bits per heavy atom. The van der Waals surface area contributed by atoms with Gasteiger partial charge in [0.1, 0.15) is 35.6 Å². The number of nitrogens with zero attached hydrogens (tertiary/aromatic N) is 3. The van der Waals surface area contributed by atoms with Crippen LogP contribution in [0.4, 0.5) is 17.3 Å². The number of carbonyl (C=O) groups is 2. The standard InChI is InChI=1S/C28H28N6O4/c1-17-12-26(32-18(2)31-17)34-25-14-23(22(15-30-25)27(35)29-3)33-28(36)21-11-10-20(13-24(21)37-4)38-16-19-8-6-5-7-9-19/h5-15H,16H2,1-4H3,(H,29,35)(H2,30,31,32,33,34,36). The monoisotopic (exact) mass is 512 g/mol. The Morgan fingerprint density at radius 2 is 1.68 bits per heavy atom. The number of aryl methyl sites for hydroxylation is 2. The summed E-state index contributed by atoms with van der Waals surface area (Å²) in [5, 5.41) is 8.47. The number of aromatic nitrogens is 3. The third kappa shape index (κ3) is 6.41. The van der Waals surface area contributed by atoms with Crippen LogP contribution in [-0.2, 0) is 6.61 Å². The summed E-state index contributed by atoms with van der Waals surface area (Å²) in [6.07, 6.45) is 1.38. The number of anilines is 3. The normalized spacial score (nSPS) is 10.4. The first-order valence-electron chi connectivity index (χ1n) is 11.8. The molecule has 2 aromatic carbocycles. The predicted molar refractivity (Wildman–Crippen MR) is 144 cm³/mol. The van der Waals surface area contributed by atoms with E-state index in [0.29, 0.717) is 35.6 Å². The van der Waals surface area contributed by atoms with Gasteiger partial charge >= 0.3 is 0 Å². The van der Waals surface area contributed by atoms with E-state index >= 15 is 0 Å². The summed E-state index contributed by atoms with van der Waals surface area (Å²) in [6.45, 7) is 4.03. The zero-order valence-electron chi connectivity index (χ0n) is 21.5. The van der Waals surface area contributed by atoms with Crippen molar-refractivity contribution in [3.05, 3.63) is 95.1 Å². The molecule has 3 N–H and O–H groups in total. The van der Waals surface area contributed by atoms with Crippen LogP contribution >= 0.6 is 0 Å². The van der Waals surface area contributed by atoms with Gasteiger partial charge in [0.05, 0.1) is 23.9 Å². The highest BCUT2D eigenvalue weighted by molar-refractivity contribution is 6.10. The summed E-state index contributed by atoms with van der Waals surface area (Å²) < 4.78 is 11.3. The van der Waals surface area contributed by atoms with Crippen LogP contribution in [0.5, 0.6) is 11.5 Å². The molecule has 2 aromatic heterocycles. The number of methoxy groups -OCH3 is 1. The molecule has 0 atom stereocenters. The van der Waals surface area contributed by atoms with Gasteiger partial charge < -0.3 is 25.4 Å². The van der Waals surface area contributed by atoms with E-state index in [9.17, 15) is 9.59 Å². The average molecular weight is 513 g/mol. The van der Waals surface area contributed by atoms with Gasteiger partial charge in [0.25, 0.3) is 11.8 Å². The number of ether oxygens (including phenoxy) is 2. The Labute approximate surface area is 220 Å². The number of nitrogens with one attached hydrogen (secondary N) is 3. The average Bonchev–Trinajstić information content (AvgIpc) is 2.91. The number of amides is 2. The van der Waals surface area contributed by atoms with E-state index < -0.39 is 11.8 Å². The van der Waals surface area contributed by atoms with Crippen LogP contribution in [0.25, 0.3) is 0 Å². The molecule has 0 saturated heterocycles. The fourth-order valence-electron chi connectivity index (χ4n) is 3.73. The third-order valence-electron chi connectivity index (χ3n) is 5.51. The smallest absolute Gasteiger partial charge is 0.259 e. The molecule has 4 aromatic rings. The highest BCUT2D eigenvalue weighted by atomic mass is 16.5. The zero-order valence-corrected chi connectivity index (χ0v) is 21.5. The summed E-state index contributed by atoms with van der Waals surface area (Å²) in [7, 11) is 2.98. The van der Waals surface area contributed by atoms with Crippen LogP contribution in [0.3, 0.4) is 0 Å². The van der Waals surface area contributed by atoms with Gasteiger partial charge in [-0.15, -0.1) is 0 Å². The predicted octanol–water partition coefficient (Wildman–Crippen LogP) is 4.43. The number of rotatable bonds is 9. The number of benzene rings is 2. The molecule has 0 unspecified atom stereocenters. The first kappa shape index (κ1) is 26.1. The lowest BCUT2D eigenvalue weighted by Gasteiger charge is -2.15. The molecule has 194 valence electrons. The molecule has 0 spiro atoms. The number of hydrogen-bond acceptors (Lipinski definition) is 8. The summed E-state index contributed by atoms with van der Waals surface area (Å²) in [4.78, 5) is 38.7. The van der Waals surface area contributed by atoms with Gasteiger partial charge in [-0.05, 0) is 31.5 Å². The molecule has 38 heavy (non-hydrogen) atoms. The molecule has 10 heteroatoms. The van der Waals surface area contributed by atoms with E-state index in [-0.39, 0.29) is 16.8 Å². The van der Waals surface area contributed by atoms with Crippen LogP contribution in [0.15, 0.2) is 66.9 Å². The van der Waals surface area contributed by atoms with Crippen LogP contribution < -0.4 is 25.4 Å². The maximum absolute atomic E-state index is 13.3. The molecule has 10 nitrogen and oxygen atoms in total. The van der Waals surface area contributed by atoms with Crippen LogP contribution in [-0.4, -0.2) is 40.9 Å². The number of pyridine rings is 1. The van der Waals surface area contributed by atoms with Crippen molar-refractivity contribution in [1.82, 2.24) is 20.3 Å². The molecular weight excluding hydrogens is 484 g/mol. The Hall–Kier alpha value is -4.99. The van der Waals surface area contributed by atoms with Crippen molar-refractivity contribution >= 4 is 29.1 Å². The summed E-state index contributed by atoms with van der Waals surface area (Å²) in [5.41, 5.74) is 2.54. The second-order valence-electron chi connectivity index (χ2n) is 8.35. The van der Waals surface area contributed by atoms with Gasteiger partial charge in [-0.2, -0.15) is 0 Å². The van der Waals surface area contributed by atoms with Crippen LogP contribution in [0.2, 0.25) is 0 Å². The second kappa shape index (κ2) is 11.8. The maximum Gasteiger partial charge on any atom is 0.259 e. The van der Waals surface area contributed by atoms with E-state index in [0.717, 1.165) is 11.3 Å². The Bertz CT molecular complexity index is 1440. The highest BCUT2D eigenvalue weighted by Gasteiger charge is 2.19. The number of hydrogen-bond donors (Lipinski definition) is 3. The zero-order chi connectivity index (χ0) is 27.1. The molecule has 2 amide bonds. The lowest BCUT2D eigenvalue weighted by molar-refractivity contribution is 0.0963. The lowest BCUT2D eigenvalue weighted by Crippen LogP contribution is -2.22. The minimum Gasteiger partial charge on any atom is -0.496 e. The molecule has 0 aliphatic heterocycles. The largest absolute Gasteiger partial charge is 0.496 e. The van der Waals surface area contributed by atoms with Crippen molar-refractivity contribution in [2.24, 2.45) is 0 Å². The molecule has 0 bridgehead atoms. The lowest BCUT2D eigenvalue weighted by atomic mass is 10.1. The topological polar surface area (TPSA) is 127 Å². The fraction of sp³-hybridized carbons (Fsp3) is 0.179. The van der Waals surface area contributed by atoms with Gasteiger partial charge in [-0.3, -0.25) is 9.59 Å². The van der Waals surface area contributed by atoms with Gasteiger partial charge in [0.2, 0.25) is 0 Å². The van der Waals surface area contributed by atoms with E-state index in [4.69, 9.17) is 9.47 Å². The molecule has 0 saturated carbocycles. The number of carbonyl (C=O) groups excluding carboxylic acids is 2. The SMILES string of the molecule is CNC(=O)c1cnc(Nc2cc(C)nc(C)n2)cc1NC(=O)c1ccc(OCc2ccccc2)cc1OC. The molecule has 0 aliphatic carbocycles. The quantitative estimate of drug-likeness (QED) is 0.301. The highest BCUT2D eigenvalue weighted by Crippen LogP contribution is 2.28. The Kier molecular flexibility index (Phi) is 8.12. The van der Waals surface area contributed by atoms with Crippen molar-refractivity contribution in [3.8, 4) is 11.5 Å². The summed E-state index contributed by atoms with van der Waals surface area (Å²) in [5.74, 6) is 1.55. The molecule has 0 fully saturated rings. The van der Waals surface area contributed by atoms with Gasteiger partial charge in [-0.25, -0.2) is 15.0 Å². The second-order valence-corrected chi connectivity index (χ2v) is 8.35. The van der Waals surface area contributed by atoms with E-state index in [2.05, 4.69) is 30.9 Å². The Morgan fingerprint density at radius 1 is 0.895 bits per heavy atom. The first-order chi connectivity index (χ1) is 18.4. The summed E-state index contributed by atoms with van der Waals surface area (Å²) >= 11 is 0. The van der Waals surface area contributed by atoms with Gasteiger partial charge in [-0.1, -0.05) is 30.3 Å². The van der Waals surface area contributed by atoms with Gasteiger partial charge in [0, 0.05) is 37.1 Å². The van der Waals surface area contributed by atoms with Crippen molar-refractivity contribution < 1.29 is 19.1 Å². The molecule has 0 aliphatic rings. The van der Waals surface area contributed by atoms with E-state index in [1.807, 2.05) is 37.3 Å². The van der Waals surface area contributed by atoms with Crippen LogP contribution in [0.1, 0.15) is 37.8 Å². The summed E-state index contributed by atoms with van der Waals surface area (Å²) in [6, 6.07) is 18.0. The minimum atomic E-state index is -0.465. The fourth-order valence-corrected chi connectivity index (χ4v) is 3.73. The van der Waals surface area contributed by atoms with Crippen molar-refractivity contribution in [1.29, 1.82) is 0 Å². The van der Waals surface area contributed by atoms with E-state index in [1.54, 1.807) is 37.3 Å². The molecule has 0 radical (unpaired) electrons. The molecule has 4 rings (SSSR count). The van der Waals surface area contributed by atoms with Crippen molar-refractivity contribution in [2.75, 3.05) is 24.8 Å². The minimum absolute atomic E-state index is 0.197. The molecular formula is C28H28N6O4. The first-order valence-corrected chi connectivity index (χ1v) is 11.8. The van der Waals surface area contributed by atoms with E-state index in [1.165, 1.54) is 20.4 Å². The van der Waals surface area contributed by atoms with Gasteiger partial charge in [0.15, 0.2) is 0 Å².